The molecule has 5 aromatic heterocycles. The molecule has 1 saturated carbocycles. The van der Waals surface area contributed by atoms with E-state index in [1.165, 1.54) is 17.0 Å². The number of pyridine rings is 2. The van der Waals surface area contributed by atoms with Gasteiger partial charge in [-0.3, -0.25) is 9.78 Å². The Morgan fingerprint density at radius 1 is 1.21 bits per heavy atom. The molecule has 11 nitrogen and oxygen atoms in total. The summed E-state index contributed by atoms with van der Waals surface area (Å²) in [6, 6.07) is -0.0248. The van der Waals surface area contributed by atoms with Crippen molar-refractivity contribution in [2.45, 2.75) is 31.2 Å². The van der Waals surface area contributed by atoms with Crippen molar-refractivity contribution in [2.75, 3.05) is 5.32 Å². The highest BCUT2D eigenvalue weighted by Crippen LogP contribution is 2.38. The third-order valence-corrected chi connectivity index (χ3v) is 6.86. The smallest absolute Gasteiger partial charge is 0.417 e. The van der Waals surface area contributed by atoms with Gasteiger partial charge in [-0.25, -0.2) is 9.50 Å². The van der Waals surface area contributed by atoms with Gasteiger partial charge in [0.1, 0.15) is 21.7 Å². The maximum Gasteiger partial charge on any atom is 0.417 e. The van der Waals surface area contributed by atoms with Gasteiger partial charge in [0.05, 0.1) is 36.3 Å². The maximum absolute atomic E-state index is 13.6. The highest BCUT2D eigenvalue weighted by molar-refractivity contribution is 6.36. The lowest BCUT2D eigenvalue weighted by atomic mass is 9.89. The first-order chi connectivity index (χ1) is 18.1. The van der Waals surface area contributed by atoms with Gasteiger partial charge in [-0.2, -0.15) is 23.3 Å². The van der Waals surface area contributed by atoms with Crippen molar-refractivity contribution in [3.05, 3.63) is 64.2 Å². The van der Waals surface area contributed by atoms with E-state index in [-0.39, 0.29) is 28.1 Å². The lowest BCUT2D eigenvalue weighted by molar-refractivity contribution is -0.138. The number of anilines is 2. The van der Waals surface area contributed by atoms with Crippen LogP contribution in [0.5, 0.6) is 11.5 Å². The van der Waals surface area contributed by atoms with Crippen LogP contribution in [0.4, 0.5) is 24.8 Å². The number of aliphatic hydroxyl groups is 1. The normalized spacial score (nSPS) is 17.6. The van der Waals surface area contributed by atoms with E-state index >= 15 is 0 Å². The number of aryl methyl sites for hydroxylation is 1. The van der Waals surface area contributed by atoms with Crippen LogP contribution in [0.1, 0.15) is 24.4 Å². The zero-order valence-electron chi connectivity index (χ0n) is 19.5. The molecule has 1 fully saturated rings. The van der Waals surface area contributed by atoms with Crippen LogP contribution in [-0.4, -0.2) is 44.9 Å². The lowest BCUT2D eigenvalue weighted by Crippen LogP contribution is -2.40. The van der Waals surface area contributed by atoms with E-state index in [0.29, 0.717) is 35.7 Å². The highest BCUT2D eigenvalue weighted by atomic mass is 35.5. The Labute approximate surface area is 216 Å². The van der Waals surface area contributed by atoms with Gasteiger partial charge in [0.2, 0.25) is 5.95 Å². The molecule has 15 heteroatoms. The first kappa shape index (κ1) is 24.2. The van der Waals surface area contributed by atoms with Crippen LogP contribution in [0.25, 0.3) is 16.7 Å². The van der Waals surface area contributed by atoms with Crippen LogP contribution in [0.2, 0.25) is 5.02 Å². The zero-order chi connectivity index (χ0) is 26.8. The second-order valence-corrected chi connectivity index (χ2v) is 9.19. The van der Waals surface area contributed by atoms with Crippen LogP contribution in [-0.2, 0) is 13.2 Å². The standard InChI is InChI=1S/C23H18ClF3N8O3/c1-33-19-18(24)17(38-16-9-30-35-5-4-28-7-14(16)35)8-29-20(19)32-22(33)31-12-6-11(23(25,26)27)10-34(21(12)37)13-2-3-15(13)36/h4-10,13,15,36H,2-3H2,1H3,(H,29,31,32)/t13-,15+/m1/s1. The first-order valence-corrected chi connectivity index (χ1v) is 11.7. The molecule has 38 heavy (non-hydrogen) atoms. The van der Waals surface area contributed by atoms with Gasteiger partial charge in [0.15, 0.2) is 17.1 Å². The number of aliphatic hydroxyl groups excluding tert-OH is 1. The van der Waals surface area contributed by atoms with E-state index in [1.807, 2.05) is 0 Å². The molecule has 0 radical (unpaired) electrons. The van der Waals surface area contributed by atoms with Gasteiger partial charge in [-0.05, 0) is 18.9 Å². The van der Waals surface area contributed by atoms with Crippen LogP contribution >= 0.6 is 11.6 Å². The molecule has 0 aliphatic heterocycles. The minimum atomic E-state index is -4.71. The molecule has 0 spiro atoms. The summed E-state index contributed by atoms with van der Waals surface area (Å²) in [5.41, 5.74) is -1.03. The van der Waals surface area contributed by atoms with Gasteiger partial charge in [0.25, 0.3) is 5.56 Å². The molecule has 1 aliphatic rings. The minimum Gasteiger partial charge on any atom is -0.450 e. The molecule has 1 aliphatic carbocycles. The Hall–Kier alpha value is -4.17. The second kappa shape index (κ2) is 8.70. The van der Waals surface area contributed by atoms with Gasteiger partial charge >= 0.3 is 6.18 Å². The Morgan fingerprint density at radius 3 is 2.74 bits per heavy atom. The van der Waals surface area contributed by atoms with Crippen LogP contribution < -0.4 is 15.6 Å². The van der Waals surface area contributed by atoms with Crippen LogP contribution in [0.3, 0.4) is 0 Å². The SMILES string of the molecule is Cn1c(Nc2cc(C(F)(F)F)cn([C@@H]3CC[C@@H]3O)c2=O)nc2ncc(Oc3cnn4ccncc34)c(Cl)c21. The van der Waals surface area contributed by atoms with E-state index in [9.17, 15) is 23.1 Å². The quantitative estimate of drug-likeness (QED) is 0.338. The molecule has 0 amide bonds. The average molecular weight is 547 g/mol. The molecule has 0 bridgehead atoms. The molecular formula is C23H18ClF3N8O3. The molecule has 2 atom stereocenters. The number of hydrogen-bond acceptors (Lipinski definition) is 8. The van der Waals surface area contributed by atoms with Crippen molar-refractivity contribution in [1.82, 2.24) is 33.7 Å². The Kier molecular flexibility index (Phi) is 5.54. The van der Waals surface area contributed by atoms with E-state index in [0.717, 1.165) is 10.8 Å². The predicted octanol–water partition coefficient (Wildman–Crippen LogP) is 4.08. The van der Waals surface area contributed by atoms with E-state index in [2.05, 4.69) is 25.4 Å². The Bertz CT molecular complexity index is 1760. The van der Waals surface area contributed by atoms with E-state index < -0.39 is 29.4 Å². The molecule has 0 unspecified atom stereocenters. The maximum atomic E-state index is 13.6. The summed E-state index contributed by atoms with van der Waals surface area (Å²) in [6.07, 6.45) is 3.55. The topological polar surface area (TPSA) is 124 Å². The molecule has 6 rings (SSSR count). The fourth-order valence-electron chi connectivity index (χ4n) is 4.31. The number of aromatic nitrogens is 7. The summed E-state index contributed by atoms with van der Waals surface area (Å²) >= 11 is 6.62. The van der Waals surface area contributed by atoms with Crippen molar-refractivity contribution in [1.29, 1.82) is 0 Å². The van der Waals surface area contributed by atoms with E-state index in [4.69, 9.17) is 16.3 Å². The average Bonchev–Trinajstić information content (AvgIpc) is 3.42. The lowest BCUT2D eigenvalue weighted by Gasteiger charge is -2.34. The summed E-state index contributed by atoms with van der Waals surface area (Å²) in [4.78, 5) is 25.7. The molecule has 196 valence electrons. The van der Waals surface area contributed by atoms with Crippen molar-refractivity contribution in [3.63, 3.8) is 0 Å². The van der Waals surface area contributed by atoms with Gasteiger partial charge in [-0.1, -0.05) is 11.6 Å². The van der Waals surface area contributed by atoms with Crippen molar-refractivity contribution >= 4 is 39.9 Å². The number of ether oxygens (including phenoxy) is 1. The zero-order valence-corrected chi connectivity index (χ0v) is 20.3. The van der Waals surface area contributed by atoms with Crippen LogP contribution in [0.15, 0.2) is 48.0 Å². The number of hydrogen-bond donors (Lipinski definition) is 2. The molecule has 0 aromatic carbocycles. The Morgan fingerprint density at radius 2 is 2.03 bits per heavy atom. The molecule has 2 N–H and O–H groups in total. The fraction of sp³-hybridized carbons (Fsp3) is 0.261. The minimum absolute atomic E-state index is 0.0314. The molecule has 5 aromatic rings. The number of fused-ring (bicyclic) bond motifs is 2. The Balaban J connectivity index is 1.39. The van der Waals surface area contributed by atoms with Crippen molar-refractivity contribution in [2.24, 2.45) is 7.05 Å². The molecule has 5 heterocycles. The largest absolute Gasteiger partial charge is 0.450 e. The third-order valence-electron chi connectivity index (χ3n) is 6.49. The summed E-state index contributed by atoms with van der Waals surface area (Å²) in [6.45, 7) is 0. The molecule has 0 saturated heterocycles. The highest BCUT2D eigenvalue weighted by Gasteiger charge is 2.36. The number of nitrogens with zero attached hydrogens (tertiary/aromatic N) is 7. The van der Waals surface area contributed by atoms with Gasteiger partial charge in [0, 0.05) is 25.6 Å². The number of alkyl halides is 3. The fourth-order valence-corrected chi connectivity index (χ4v) is 4.61. The third kappa shape index (κ3) is 3.92. The predicted molar refractivity (Wildman–Crippen MR) is 130 cm³/mol. The van der Waals surface area contributed by atoms with E-state index in [1.54, 1.807) is 30.2 Å². The number of imidazole rings is 1. The second-order valence-electron chi connectivity index (χ2n) is 8.81. The summed E-state index contributed by atoms with van der Waals surface area (Å²) < 4.78 is 50.7. The first-order valence-electron chi connectivity index (χ1n) is 11.4. The number of nitrogens with one attached hydrogen (secondary N) is 1. The number of halogens is 4. The monoisotopic (exact) mass is 546 g/mol. The number of rotatable bonds is 5. The summed E-state index contributed by atoms with van der Waals surface area (Å²) in [5.74, 6) is 0.598. The molecular weight excluding hydrogens is 529 g/mol. The van der Waals surface area contributed by atoms with Gasteiger partial charge in [-0.15, -0.1) is 0 Å². The van der Waals surface area contributed by atoms with Crippen molar-refractivity contribution in [3.8, 4) is 11.5 Å². The summed E-state index contributed by atoms with van der Waals surface area (Å²) in [5, 5.41) is 17.0. The van der Waals surface area contributed by atoms with Crippen molar-refractivity contribution < 1.29 is 23.0 Å². The summed E-state index contributed by atoms with van der Waals surface area (Å²) in [7, 11) is 1.57. The van der Waals surface area contributed by atoms with Gasteiger partial charge < -0.3 is 24.3 Å². The van der Waals surface area contributed by atoms with Crippen LogP contribution in [0, 0.1) is 0 Å².